The zero-order chi connectivity index (χ0) is 19.1. The Bertz CT molecular complexity index is 905. The molecule has 6 heteroatoms. The molecule has 1 aromatic heterocycles. The van der Waals surface area contributed by atoms with Gasteiger partial charge in [-0.05, 0) is 23.6 Å². The number of likely N-dealkylation sites (N-methyl/N-ethyl adjacent to an activating group) is 1. The molecule has 3 rings (SSSR count). The van der Waals surface area contributed by atoms with Crippen molar-refractivity contribution in [1.82, 2.24) is 15.2 Å². The first-order valence-electron chi connectivity index (χ1n) is 8.87. The molecule has 0 aliphatic rings. The van der Waals surface area contributed by atoms with Crippen molar-refractivity contribution >= 4 is 22.9 Å². The van der Waals surface area contributed by atoms with Gasteiger partial charge in [0.15, 0.2) is 0 Å². The van der Waals surface area contributed by atoms with E-state index in [2.05, 4.69) is 16.4 Å². The number of carbonyl (C=O) groups is 2. The number of alkyl carbamates (subject to hydrolysis) is 1. The lowest BCUT2D eigenvalue weighted by Gasteiger charge is -2.17. The van der Waals surface area contributed by atoms with Crippen molar-refractivity contribution in [3.63, 3.8) is 0 Å². The second-order valence-corrected chi connectivity index (χ2v) is 6.34. The number of nitrogens with one attached hydrogen (secondary N) is 2. The van der Waals surface area contributed by atoms with Gasteiger partial charge in [-0.3, -0.25) is 4.79 Å². The van der Waals surface area contributed by atoms with E-state index in [1.807, 2.05) is 54.7 Å². The zero-order valence-corrected chi connectivity index (χ0v) is 15.3. The van der Waals surface area contributed by atoms with Crippen LogP contribution in [0.3, 0.4) is 0 Å². The van der Waals surface area contributed by atoms with Crippen LogP contribution in [0.4, 0.5) is 4.79 Å². The highest BCUT2D eigenvalue weighted by molar-refractivity contribution is 5.84. The molecule has 0 aliphatic heterocycles. The number of fused-ring (bicyclic) bond motifs is 1. The van der Waals surface area contributed by atoms with Crippen molar-refractivity contribution in [2.45, 2.75) is 13.0 Å². The van der Waals surface area contributed by atoms with Crippen molar-refractivity contribution in [3.8, 4) is 0 Å². The maximum atomic E-state index is 12.2. The summed E-state index contributed by atoms with van der Waals surface area (Å²) in [4.78, 5) is 28.8. The van der Waals surface area contributed by atoms with Crippen LogP contribution in [0.25, 0.3) is 10.9 Å². The first-order chi connectivity index (χ1) is 13.1. The van der Waals surface area contributed by atoms with Crippen molar-refractivity contribution in [2.24, 2.45) is 0 Å². The van der Waals surface area contributed by atoms with Gasteiger partial charge in [0, 0.05) is 30.7 Å². The molecular formula is C21H23N3O3. The third-order valence-corrected chi connectivity index (χ3v) is 4.41. The summed E-state index contributed by atoms with van der Waals surface area (Å²) in [5, 5.41) is 3.67. The molecule has 27 heavy (non-hydrogen) atoms. The van der Waals surface area contributed by atoms with E-state index < -0.39 is 6.09 Å². The number of aromatic amines is 1. The molecule has 1 heterocycles. The van der Waals surface area contributed by atoms with Crippen LogP contribution in [0.1, 0.15) is 11.1 Å². The molecule has 0 aliphatic carbocycles. The Labute approximate surface area is 158 Å². The molecule has 0 unspecified atom stereocenters. The minimum atomic E-state index is -0.600. The summed E-state index contributed by atoms with van der Waals surface area (Å²) < 4.78 is 5.10. The van der Waals surface area contributed by atoms with E-state index in [0.29, 0.717) is 6.54 Å². The molecule has 0 fully saturated rings. The fourth-order valence-electron chi connectivity index (χ4n) is 2.81. The SMILES string of the molecule is CN(CCc1c[nH]c2ccccc12)C(=O)CNC(=O)OCc1ccccc1. The number of benzene rings is 2. The van der Waals surface area contributed by atoms with Crippen LogP contribution in [0.5, 0.6) is 0 Å². The van der Waals surface area contributed by atoms with E-state index in [4.69, 9.17) is 4.74 Å². The van der Waals surface area contributed by atoms with Gasteiger partial charge in [0.2, 0.25) is 5.91 Å². The third-order valence-electron chi connectivity index (χ3n) is 4.41. The van der Waals surface area contributed by atoms with Crippen molar-refractivity contribution in [3.05, 3.63) is 71.9 Å². The van der Waals surface area contributed by atoms with Crippen LogP contribution < -0.4 is 5.32 Å². The number of H-pyrrole nitrogens is 1. The van der Waals surface area contributed by atoms with Crippen LogP contribution >= 0.6 is 0 Å². The summed E-state index contributed by atoms with van der Waals surface area (Å²) >= 11 is 0. The predicted octanol–water partition coefficient (Wildman–Crippen LogP) is 3.10. The van der Waals surface area contributed by atoms with Crippen molar-refractivity contribution < 1.29 is 14.3 Å². The number of hydrogen-bond acceptors (Lipinski definition) is 3. The number of ether oxygens (including phenoxy) is 1. The quantitative estimate of drug-likeness (QED) is 0.676. The normalized spacial score (nSPS) is 10.6. The number of para-hydroxylation sites is 1. The van der Waals surface area contributed by atoms with Gasteiger partial charge in [-0.15, -0.1) is 0 Å². The van der Waals surface area contributed by atoms with Gasteiger partial charge >= 0.3 is 6.09 Å². The Kier molecular flexibility index (Phi) is 6.10. The Hall–Kier alpha value is -3.28. The van der Waals surface area contributed by atoms with Crippen LogP contribution in [0.15, 0.2) is 60.8 Å². The fraction of sp³-hybridized carbons (Fsp3) is 0.238. The Morgan fingerprint density at radius 2 is 1.81 bits per heavy atom. The lowest BCUT2D eigenvalue weighted by Crippen LogP contribution is -2.39. The number of rotatable bonds is 7. The molecular weight excluding hydrogens is 342 g/mol. The third kappa shape index (κ3) is 5.10. The first kappa shape index (κ1) is 18.5. The summed E-state index contributed by atoms with van der Waals surface area (Å²) in [6.45, 7) is 0.663. The highest BCUT2D eigenvalue weighted by Crippen LogP contribution is 2.18. The molecule has 3 aromatic rings. The van der Waals surface area contributed by atoms with Crippen LogP contribution in [-0.4, -0.2) is 42.0 Å². The molecule has 6 nitrogen and oxygen atoms in total. The van der Waals surface area contributed by atoms with Crippen LogP contribution in [-0.2, 0) is 22.6 Å². The first-order valence-corrected chi connectivity index (χ1v) is 8.87. The second-order valence-electron chi connectivity index (χ2n) is 6.34. The van der Waals surface area contributed by atoms with E-state index >= 15 is 0 Å². The molecule has 140 valence electrons. The van der Waals surface area contributed by atoms with Gasteiger partial charge in [0.05, 0.1) is 0 Å². The highest BCUT2D eigenvalue weighted by Gasteiger charge is 2.12. The maximum absolute atomic E-state index is 12.2. The largest absolute Gasteiger partial charge is 0.445 e. The van der Waals surface area contributed by atoms with Gasteiger partial charge in [0.1, 0.15) is 13.2 Å². The average molecular weight is 365 g/mol. The summed E-state index contributed by atoms with van der Waals surface area (Å²) in [6, 6.07) is 17.5. The Morgan fingerprint density at radius 3 is 2.63 bits per heavy atom. The maximum Gasteiger partial charge on any atom is 0.407 e. The second kappa shape index (κ2) is 8.89. The molecule has 0 saturated carbocycles. The average Bonchev–Trinajstić information content (AvgIpc) is 3.12. The molecule has 0 spiro atoms. The van der Waals surface area contributed by atoms with E-state index in [0.717, 1.165) is 17.5 Å². The molecule has 2 N–H and O–H groups in total. The standard InChI is InChI=1S/C21H23N3O3/c1-24(12-11-17-13-22-19-10-6-5-9-18(17)19)20(25)14-23-21(26)27-15-16-7-3-2-4-8-16/h2-10,13,22H,11-12,14-15H2,1H3,(H,23,26). The van der Waals surface area contributed by atoms with Gasteiger partial charge < -0.3 is 19.9 Å². The lowest BCUT2D eigenvalue weighted by molar-refractivity contribution is -0.128. The number of amides is 2. The van der Waals surface area contributed by atoms with E-state index in [1.54, 1.807) is 11.9 Å². The minimum Gasteiger partial charge on any atom is -0.445 e. The van der Waals surface area contributed by atoms with E-state index in [-0.39, 0.29) is 19.1 Å². The smallest absolute Gasteiger partial charge is 0.407 e. The van der Waals surface area contributed by atoms with Gasteiger partial charge in [-0.25, -0.2) is 4.79 Å². The number of aromatic nitrogens is 1. The zero-order valence-electron chi connectivity index (χ0n) is 15.3. The Morgan fingerprint density at radius 1 is 1.07 bits per heavy atom. The Balaban J connectivity index is 1.40. The van der Waals surface area contributed by atoms with Gasteiger partial charge in [-0.1, -0.05) is 48.5 Å². The number of hydrogen-bond donors (Lipinski definition) is 2. The molecule has 0 atom stereocenters. The summed E-state index contributed by atoms with van der Waals surface area (Å²) in [5.41, 5.74) is 3.15. The predicted molar refractivity (Wildman–Crippen MR) is 104 cm³/mol. The highest BCUT2D eigenvalue weighted by atomic mass is 16.5. The minimum absolute atomic E-state index is 0.0853. The van der Waals surface area contributed by atoms with E-state index in [9.17, 15) is 9.59 Å². The topological polar surface area (TPSA) is 74.4 Å². The van der Waals surface area contributed by atoms with Gasteiger partial charge in [-0.2, -0.15) is 0 Å². The van der Waals surface area contributed by atoms with Crippen molar-refractivity contribution in [1.29, 1.82) is 0 Å². The molecule has 0 radical (unpaired) electrons. The van der Waals surface area contributed by atoms with Crippen LogP contribution in [0.2, 0.25) is 0 Å². The summed E-state index contributed by atoms with van der Waals surface area (Å²) in [7, 11) is 1.73. The monoisotopic (exact) mass is 365 g/mol. The molecule has 0 bridgehead atoms. The van der Waals surface area contributed by atoms with Crippen LogP contribution in [0, 0.1) is 0 Å². The molecule has 0 saturated heterocycles. The molecule has 2 amide bonds. The lowest BCUT2D eigenvalue weighted by atomic mass is 10.1. The summed E-state index contributed by atoms with van der Waals surface area (Å²) in [6.07, 6.45) is 2.12. The number of nitrogens with zero attached hydrogens (tertiary/aromatic N) is 1. The molecule has 2 aromatic carbocycles. The number of carbonyl (C=O) groups excluding carboxylic acids is 2. The van der Waals surface area contributed by atoms with Gasteiger partial charge in [0.25, 0.3) is 0 Å². The van der Waals surface area contributed by atoms with Crippen molar-refractivity contribution in [2.75, 3.05) is 20.1 Å². The van der Waals surface area contributed by atoms with E-state index in [1.165, 1.54) is 10.9 Å². The fourth-order valence-corrected chi connectivity index (χ4v) is 2.81. The summed E-state index contributed by atoms with van der Waals surface area (Å²) in [5.74, 6) is -0.161.